The Morgan fingerprint density at radius 1 is 1.29 bits per heavy atom. The number of halogens is 1. The zero-order valence-corrected chi connectivity index (χ0v) is 15.2. The zero-order valence-electron chi connectivity index (χ0n) is 13.0. The van der Waals surface area contributed by atoms with E-state index in [0.717, 1.165) is 15.2 Å². The summed E-state index contributed by atoms with van der Waals surface area (Å²) in [6.07, 6.45) is 6.70. The van der Waals surface area contributed by atoms with Crippen molar-refractivity contribution in [2.24, 2.45) is 7.05 Å². The predicted octanol–water partition coefficient (Wildman–Crippen LogP) is 3.54. The van der Waals surface area contributed by atoms with Crippen LogP contribution >= 0.6 is 22.6 Å². The van der Waals surface area contributed by atoms with E-state index in [9.17, 15) is 4.79 Å². The first-order valence-corrected chi connectivity index (χ1v) is 8.47. The van der Waals surface area contributed by atoms with Crippen molar-refractivity contribution in [1.82, 2.24) is 14.9 Å². The minimum Gasteiger partial charge on any atom is -0.451 e. The lowest BCUT2D eigenvalue weighted by Crippen LogP contribution is -2.29. The van der Waals surface area contributed by atoms with E-state index in [2.05, 4.69) is 32.9 Å². The van der Waals surface area contributed by atoms with Crippen LogP contribution in [0.4, 0.5) is 0 Å². The van der Waals surface area contributed by atoms with E-state index in [1.165, 1.54) is 6.08 Å². The summed E-state index contributed by atoms with van der Waals surface area (Å²) in [5.74, 6) is 1.21. The van der Waals surface area contributed by atoms with E-state index in [1.807, 2.05) is 60.3 Å². The molecule has 24 heavy (non-hydrogen) atoms. The smallest absolute Gasteiger partial charge is 0.244 e. The molecule has 0 aliphatic heterocycles. The van der Waals surface area contributed by atoms with Gasteiger partial charge in [-0.05, 0) is 46.4 Å². The Hall–Kier alpha value is -2.35. The van der Waals surface area contributed by atoms with Crippen molar-refractivity contribution in [2.45, 2.75) is 6.04 Å². The second-order valence-corrected chi connectivity index (χ2v) is 6.29. The largest absolute Gasteiger partial charge is 0.451 e. The number of imidazole rings is 1. The van der Waals surface area contributed by atoms with Gasteiger partial charge in [0.1, 0.15) is 17.6 Å². The highest BCUT2D eigenvalue weighted by Crippen LogP contribution is 2.20. The number of aromatic nitrogens is 2. The highest BCUT2D eigenvalue weighted by molar-refractivity contribution is 14.1. The molecule has 0 aliphatic carbocycles. The normalized spacial score (nSPS) is 12.4. The molecule has 0 bridgehead atoms. The second-order valence-electron chi connectivity index (χ2n) is 5.22. The number of furan rings is 1. The van der Waals surface area contributed by atoms with E-state index in [1.54, 1.807) is 12.3 Å². The van der Waals surface area contributed by atoms with Gasteiger partial charge < -0.3 is 14.3 Å². The number of benzene rings is 1. The molecule has 0 aliphatic rings. The molecule has 0 spiro atoms. The van der Waals surface area contributed by atoms with Crippen molar-refractivity contribution < 1.29 is 9.21 Å². The van der Waals surface area contributed by atoms with Crippen molar-refractivity contribution in [3.63, 3.8) is 0 Å². The summed E-state index contributed by atoms with van der Waals surface area (Å²) in [7, 11) is 1.91. The summed E-state index contributed by atoms with van der Waals surface area (Å²) in [5, 5.41) is 3.00. The van der Waals surface area contributed by atoms with Crippen LogP contribution in [0.3, 0.4) is 0 Å². The zero-order chi connectivity index (χ0) is 16.9. The maximum Gasteiger partial charge on any atom is 0.244 e. The SMILES string of the molecule is Cn1ccnc1[C@@H](NC(=O)/C=C/c1ccc(I)o1)c1ccccc1. The van der Waals surface area contributed by atoms with E-state index < -0.39 is 0 Å². The van der Waals surface area contributed by atoms with Crippen molar-refractivity contribution in [3.05, 3.63) is 81.8 Å². The number of hydrogen-bond acceptors (Lipinski definition) is 3. The lowest BCUT2D eigenvalue weighted by molar-refractivity contribution is -0.117. The Morgan fingerprint density at radius 3 is 2.71 bits per heavy atom. The van der Waals surface area contributed by atoms with Crippen LogP contribution in [0, 0.1) is 3.77 Å². The van der Waals surface area contributed by atoms with Crippen LogP contribution in [0.1, 0.15) is 23.2 Å². The Balaban J connectivity index is 1.80. The number of nitrogens with zero attached hydrogens (tertiary/aromatic N) is 2. The highest BCUT2D eigenvalue weighted by Gasteiger charge is 2.19. The summed E-state index contributed by atoms with van der Waals surface area (Å²) in [4.78, 5) is 16.7. The average Bonchev–Trinajstić information content (AvgIpc) is 3.20. The first-order chi connectivity index (χ1) is 11.6. The molecule has 1 aromatic carbocycles. The summed E-state index contributed by atoms with van der Waals surface area (Å²) >= 11 is 2.08. The van der Waals surface area contributed by atoms with Gasteiger partial charge in [-0.25, -0.2) is 4.98 Å². The number of aryl methyl sites for hydroxylation is 1. The molecule has 5 nitrogen and oxygen atoms in total. The maximum absolute atomic E-state index is 12.3. The molecule has 1 amide bonds. The molecule has 1 atom stereocenters. The fraction of sp³-hybridized carbons (Fsp3) is 0.111. The summed E-state index contributed by atoms with van der Waals surface area (Å²) in [6, 6.07) is 13.1. The number of carbonyl (C=O) groups excluding carboxylic acids is 1. The number of rotatable bonds is 5. The van der Waals surface area contributed by atoms with Gasteiger partial charge in [0.05, 0.1) is 0 Å². The minimum absolute atomic E-state index is 0.210. The third-order valence-electron chi connectivity index (χ3n) is 3.53. The van der Waals surface area contributed by atoms with Gasteiger partial charge in [-0.15, -0.1) is 0 Å². The first-order valence-electron chi connectivity index (χ1n) is 7.39. The van der Waals surface area contributed by atoms with Crippen LogP contribution < -0.4 is 5.32 Å². The molecule has 1 N–H and O–H groups in total. The minimum atomic E-state index is -0.319. The van der Waals surface area contributed by atoms with Crippen molar-refractivity contribution in [1.29, 1.82) is 0 Å². The molecule has 0 fully saturated rings. The van der Waals surface area contributed by atoms with Crippen molar-refractivity contribution in [2.75, 3.05) is 0 Å². The molecule has 3 aromatic rings. The summed E-state index contributed by atoms with van der Waals surface area (Å²) in [6.45, 7) is 0. The predicted molar refractivity (Wildman–Crippen MR) is 100 cm³/mol. The fourth-order valence-electron chi connectivity index (χ4n) is 2.36. The molecule has 122 valence electrons. The van der Waals surface area contributed by atoms with Crippen LogP contribution in [-0.2, 0) is 11.8 Å². The van der Waals surface area contributed by atoms with Crippen molar-refractivity contribution in [3.8, 4) is 0 Å². The highest BCUT2D eigenvalue weighted by atomic mass is 127. The van der Waals surface area contributed by atoms with Crippen LogP contribution in [0.2, 0.25) is 0 Å². The molecular formula is C18H16IN3O2. The number of amides is 1. The Bertz CT molecular complexity index is 852. The number of hydrogen-bond donors (Lipinski definition) is 1. The molecule has 6 heteroatoms. The van der Waals surface area contributed by atoms with Crippen LogP contribution in [0.25, 0.3) is 6.08 Å². The number of nitrogens with one attached hydrogen (secondary N) is 1. The maximum atomic E-state index is 12.3. The molecule has 0 saturated heterocycles. The van der Waals surface area contributed by atoms with Gasteiger partial charge in [0.2, 0.25) is 5.91 Å². The molecular weight excluding hydrogens is 417 g/mol. The van der Waals surface area contributed by atoms with Crippen LogP contribution in [-0.4, -0.2) is 15.5 Å². The molecule has 0 saturated carbocycles. The first kappa shape index (κ1) is 16.5. The fourth-order valence-corrected chi connectivity index (χ4v) is 2.80. The Kier molecular flexibility index (Phi) is 5.14. The van der Waals surface area contributed by atoms with Gasteiger partial charge in [-0.1, -0.05) is 30.3 Å². The third kappa shape index (κ3) is 3.94. The van der Waals surface area contributed by atoms with Crippen LogP contribution in [0.5, 0.6) is 0 Å². The van der Waals surface area contributed by atoms with E-state index in [-0.39, 0.29) is 11.9 Å². The monoisotopic (exact) mass is 433 g/mol. The van der Waals surface area contributed by atoms with Gasteiger partial charge in [-0.2, -0.15) is 0 Å². The van der Waals surface area contributed by atoms with Gasteiger partial charge in [0.25, 0.3) is 0 Å². The van der Waals surface area contributed by atoms with Gasteiger partial charge >= 0.3 is 0 Å². The van der Waals surface area contributed by atoms with Gasteiger partial charge in [0, 0.05) is 25.5 Å². The molecule has 0 radical (unpaired) electrons. The quantitative estimate of drug-likeness (QED) is 0.495. The van der Waals surface area contributed by atoms with Gasteiger partial charge in [0.15, 0.2) is 3.77 Å². The molecule has 2 aromatic heterocycles. The van der Waals surface area contributed by atoms with E-state index in [4.69, 9.17) is 4.42 Å². The second kappa shape index (κ2) is 7.48. The molecule has 2 heterocycles. The van der Waals surface area contributed by atoms with Gasteiger partial charge in [-0.3, -0.25) is 4.79 Å². The number of carbonyl (C=O) groups is 1. The standard InChI is InChI=1S/C18H16IN3O2/c1-22-12-11-20-18(22)17(13-5-3-2-4-6-13)21-16(23)10-8-14-7-9-15(19)24-14/h2-12,17H,1H3,(H,21,23)/b10-8+/t17-/m0/s1. The molecule has 0 unspecified atom stereocenters. The van der Waals surface area contributed by atoms with Crippen molar-refractivity contribution >= 4 is 34.6 Å². The van der Waals surface area contributed by atoms with Crippen LogP contribution in [0.15, 0.2) is 65.4 Å². The average molecular weight is 433 g/mol. The summed E-state index contributed by atoms with van der Waals surface area (Å²) in [5.41, 5.74) is 0.973. The Morgan fingerprint density at radius 2 is 2.08 bits per heavy atom. The Labute approximate surface area is 153 Å². The van der Waals surface area contributed by atoms with E-state index in [0.29, 0.717) is 5.76 Å². The summed E-state index contributed by atoms with van der Waals surface area (Å²) < 4.78 is 8.10. The third-order valence-corrected chi connectivity index (χ3v) is 4.11. The topological polar surface area (TPSA) is 60.1 Å². The lowest BCUT2D eigenvalue weighted by atomic mass is 10.1. The van der Waals surface area contributed by atoms with E-state index >= 15 is 0 Å². The lowest BCUT2D eigenvalue weighted by Gasteiger charge is -2.18. The molecule has 3 rings (SSSR count).